The Morgan fingerprint density at radius 2 is 1.50 bits per heavy atom. The lowest BCUT2D eigenvalue weighted by Gasteiger charge is -2.35. The van der Waals surface area contributed by atoms with Crippen molar-refractivity contribution < 1.29 is 13.2 Å². The number of nitrogens with zero attached hydrogens (tertiary/aromatic N) is 1. The first-order valence-electron chi connectivity index (χ1n) is 14.9. The summed E-state index contributed by atoms with van der Waals surface area (Å²) in [6, 6.07) is 14.8. The molecule has 1 aliphatic heterocycles. The number of hydrogen-bond donors (Lipinski definition) is 2. The second-order valence-electron chi connectivity index (χ2n) is 11.8. The highest BCUT2D eigenvalue weighted by Crippen LogP contribution is 2.27. The van der Waals surface area contributed by atoms with E-state index in [4.69, 9.17) is 0 Å². The van der Waals surface area contributed by atoms with Gasteiger partial charge >= 0.3 is 0 Å². The number of carbonyl (C=O) groups is 1. The van der Waals surface area contributed by atoms with Gasteiger partial charge in [0, 0.05) is 37.8 Å². The van der Waals surface area contributed by atoms with Gasteiger partial charge in [-0.05, 0) is 79.3 Å². The first-order chi connectivity index (χ1) is 19.3. The molecule has 2 aliphatic rings. The molecule has 1 amide bonds. The maximum absolute atomic E-state index is 13.1. The van der Waals surface area contributed by atoms with Crippen molar-refractivity contribution in [2.45, 2.75) is 107 Å². The minimum Gasteiger partial charge on any atom is -0.354 e. The van der Waals surface area contributed by atoms with Crippen molar-refractivity contribution in [3.63, 3.8) is 0 Å². The van der Waals surface area contributed by atoms with E-state index in [1.165, 1.54) is 69.0 Å². The Balaban J connectivity index is 1.18. The van der Waals surface area contributed by atoms with Gasteiger partial charge in [-0.15, -0.1) is 0 Å². The Bertz CT molecular complexity index is 1400. The zero-order valence-corrected chi connectivity index (χ0v) is 24.8. The molecule has 214 valence electrons. The van der Waals surface area contributed by atoms with Gasteiger partial charge < -0.3 is 10.3 Å². The molecule has 6 nitrogen and oxygen atoms in total. The van der Waals surface area contributed by atoms with E-state index in [0.29, 0.717) is 23.2 Å². The standard InChI is InChI=1S/C33H43N3O3S/c1-24-18-25(2)20-30(19-24)40(38,39)29-14-12-26(13-15-29)22-34-33(37)32-21-27-23-36(17-16-31(27)35-32)28-10-8-6-4-3-5-7-9-11-28/h12-15,18-21,28,35H,3-11,16-17,22-23H2,1-2H3,(H,34,37). The van der Waals surface area contributed by atoms with Gasteiger partial charge in [0.25, 0.3) is 5.91 Å². The van der Waals surface area contributed by atoms with Crippen molar-refractivity contribution in [1.29, 1.82) is 0 Å². The highest BCUT2D eigenvalue weighted by atomic mass is 32.2. The molecule has 1 aliphatic carbocycles. The van der Waals surface area contributed by atoms with Gasteiger partial charge in [-0.2, -0.15) is 0 Å². The van der Waals surface area contributed by atoms with Gasteiger partial charge in [0.05, 0.1) is 9.79 Å². The minimum atomic E-state index is -3.59. The van der Waals surface area contributed by atoms with Crippen molar-refractivity contribution in [1.82, 2.24) is 15.2 Å². The Labute approximate surface area is 239 Å². The molecule has 0 unspecified atom stereocenters. The highest BCUT2D eigenvalue weighted by Gasteiger charge is 2.26. The molecule has 0 bridgehead atoms. The van der Waals surface area contributed by atoms with Gasteiger partial charge in [0.1, 0.15) is 5.69 Å². The lowest BCUT2D eigenvalue weighted by molar-refractivity contribution is 0.0946. The number of H-pyrrole nitrogens is 1. The molecule has 2 N–H and O–H groups in total. The van der Waals surface area contributed by atoms with Crippen LogP contribution in [-0.4, -0.2) is 36.8 Å². The third-order valence-corrected chi connectivity index (χ3v) is 10.3. The number of sulfone groups is 1. The average molecular weight is 562 g/mol. The van der Waals surface area contributed by atoms with Crippen molar-refractivity contribution in [3.8, 4) is 0 Å². The first-order valence-corrected chi connectivity index (χ1v) is 16.4. The number of carbonyl (C=O) groups excluding carboxylic acids is 1. The van der Waals surface area contributed by atoms with Crippen LogP contribution in [-0.2, 0) is 29.3 Å². The zero-order valence-electron chi connectivity index (χ0n) is 24.0. The number of fused-ring (bicyclic) bond motifs is 1. The Morgan fingerprint density at radius 1 is 0.875 bits per heavy atom. The molecule has 0 radical (unpaired) electrons. The van der Waals surface area contributed by atoms with E-state index in [-0.39, 0.29) is 10.8 Å². The molecule has 1 saturated carbocycles. The minimum absolute atomic E-state index is 0.133. The maximum atomic E-state index is 13.1. The normalized spacial score (nSPS) is 17.8. The van der Waals surface area contributed by atoms with Crippen LogP contribution in [0.5, 0.6) is 0 Å². The summed E-state index contributed by atoms with van der Waals surface area (Å²) in [4.78, 5) is 19.6. The number of benzene rings is 2. The van der Waals surface area contributed by atoms with E-state index >= 15 is 0 Å². The third-order valence-electron chi connectivity index (χ3n) is 8.54. The molecular formula is C33H43N3O3S. The van der Waals surface area contributed by atoms with Gasteiger partial charge in [-0.3, -0.25) is 9.69 Å². The number of rotatable bonds is 6. The third kappa shape index (κ3) is 6.87. The zero-order chi connectivity index (χ0) is 28.1. The molecule has 0 saturated heterocycles. The van der Waals surface area contributed by atoms with Crippen molar-refractivity contribution >= 4 is 15.7 Å². The SMILES string of the molecule is Cc1cc(C)cc(S(=O)(=O)c2ccc(CNC(=O)c3cc4c([nH]3)CCN(C3CCCCCCCCC3)C4)cc2)c1. The number of aryl methyl sites for hydroxylation is 2. The first kappa shape index (κ1) is 28.6. The summed E-state index contributed by atoms with van der Waals surface area (Å²) in [5.74, 6) is -0.133. The second kappa shape index (κ2) is 12.7. The van der Waals surface area contributed by atoms with E-state index in [0.717, 1.165) is 36.2 Å². The summed E-state index contributed by atoms with van der Waals surface area (Å²) >= 11 is 0. The number of aromatic nitrogens is 1. The topological polar surface area (TPSA) is 82.3 Å². The quantitative estimate of drug-likeness (QED) is 0.353. The smallest absolute Gasteiger partial charge is 0.267 e. The van der Waals surface area contributed by atoms with Crippen molar-refractivity contribution in [3.05, 3.63) is 82.2 Å². The summed E-state index contributed by atoms with van der Waals surface area (Å²) in [5, 5.41) is 3.00. The molecule has 0 atom stereocenters. The van der Waals surface area contributed by atoms with E-state index in [9.17, 15) is 13.2 Å². The van der Waals surface area contributed by atoms with Crippen LogP contribution in [0, 0.1) is 13.8 Å². The fraction of sp³-hybridized carbons (Fsp3) is 0.485. The fourth-order valence-corrected chi connectivity index (χ4v) is 7.78. The van der Waals surface area contributed by atoms with Crippen LogP contribution < -0.4 is 5.32 Å². The van der Waals surface area contributed by atoms with E-state index in [1.54, 1.807) is 36.4 Å². The lowest BCUT2D eigenvalue weighted by atomic mass is 9.94. The van der Waals surface area contributed by atoms with Gasteiger partial charge in [-0.1, -0.05) is 63.1 Å². The predicted molar refractivity (Wildman–Crippen MR) is 159 cm³/mol. The molecule has 5 rings (SSSR count). The molecule has 7 heteroatoms. The fourth-order valence-electron chi connectivity index (χ4n) is 6.33. The van der Waals surface area contributed by atoms with Crippen LogP contribution in [0.3, 0.4) is 0 Å². The Kier molecular flexibility index (Phi) is 9.11. The summed E-state index contributed by atoms with van der Waals surface area (Å²) < 4.78 is 26.2. The molecular weight excluding hydrogens is 518 g/mol. The van der Waals surface area contributed by atoms with E-state index in [2.05, 4.69) is 15.2 Å². The monoisotopic (exact) mass is 561 g/mol. The average Bonchev–Trinajstić information content (AvgIpc) is 3.38. The number of nitrogens with one attached hydrogen (secondary N) is 2. The second-order valence-corrected chi connectivity index (χ2v) is 13.7. The van der Waals surface area contributed by atoms with Gasteiger partial charge in [0.15, 0.2) is 0 Å². The van der Waals surface area contributed by atoms with Crippen LogP contribution in [0.1, 0.15) is 96.2 Å². The summed E-state index contributed by atoms with van der Waals surface area (Å²) in [5.41, 5.74) is 5.72. The van der Waals surface area contributed by atoms with E-state index < -0.39 is 9.84 Å². The molecule has 2 aromatic carbocycles. The van der Waals surface area contributed by atoms with Gasteiger partial charge in [0.2, 0.25) is 9.84 Å². The Hall–Kier alpha value is -2.90. The molecule has 1 fully saturated rings. The van der Waals surface area contributed by atoms with Crippen molar-refractivity contribution in [2.24, 2.45) is 0 Å². The van der Waals surface area contributed by atoms with Gasteiger partial charge in [-0.25, -0.2) is 8.42 Å². The number of amides is 1. The van der Waals surface area contributed by atoms with Crippen LogP contribution in [0.2, 0.25) is 0 Å². The number of aromatic amines is 1. The molecule has 40 heavy (non-hydrogen) atoms. The predicted octanol–water partition coefficient (Wildman–Crippen LogP) is 6.65. The van der Waals surface area contributed by atoms with Crippen LogP contribution in [0.25, 0.3) is 0 Å². The molecule has 3 aromatic rings. The molecule has 2 heterocycles. The summed E-state index contributed by atoms with van der Waals surface area (Å²) in [7, 11) is -3.59. The largest absolute Gasteiger partial charge is 0.354 e. The van der Waals surface area contributed by atoms with Crippen LogP contribution in [0.4, 0.5) is 0 Å². The van der Waals surface area contributed by atoms with Crippen LogP contribution >= 0.6 is 0 Å². The van der Waals surface area contributed by atoms with Crippen molar-refractivity contribution in [2.75, 3.05) is 6.54 Å². The summed E-state index contributed by atoms with van der Waals surface area (Å²) in [6.07, 6.45) is 13.1. The highest BCUT2D eigenvalue weighted by molar-refractivity contribution is 7.91. The Morgan fingerprint density at radius 3 is 2.15 bits per heavy atom. The molecule has 1 aromatic heterocycles. The van der Waals surface area contributed by atoms with Crippen LogP contribution in [0.15, 0.2) is 58.3 Å². The maximum Gasteiger partial charge on any atom is 0.267 e. The number of hydrogen-bond acceptors (Lipinski definition) is 4. The summed E-state index contributed by atoms with van der Waals surface area (Å²) in [6.45, 7) is 6.10. The van der Waals surface area contributed by atoms with E-state index in [1.807, 2.05) is 26.0 Å². The molecule has 0 spiro atoms. The lowest BCUT2D eigenvalue weighted by Crippen LogP contribution is -2.39.